The van der Waals surface area contributed by atoms with Crippen molar-refractivity contribution in [1.29, 1.82) is 0 Å². The van der Waals surface area contributed by atoms with Crippen LogP contribution in [0.1, 0.15) is 24.1 Å². The van der Waals surface area contributed by atoms with Crippen molar-refractivity contribution in [2.75, 3.05) is 12.0 Å². The van der Waals surface area contributed by atoms with Crippen LogP contribution in [-0.4, -0.2) is 20.4 Å². The molecule has 15 heavy (non-hydrogen) atoms. The third-order valence-electron chi connectivity index (χ3n) is 2.27. The van der Waals surface area contributed by atoms with Gasteiger partial charge in [-0.15, -0.1) is 0 Å². The van der Waals surface area contributed by atoms with Gasteiger partial charge >= 0.3 is 0 Å². The molecule has 0 aromatic heterocycles. The molecule has 0 saturated carbocycles. The second kappa shape index (κ2) is 4.77. The Kier molecular flexibility index (Phi) is 3.88. The van der Waals surface area contributed by atoms with Gasteiger partial charge in [0.15, 0.2) is 0 Å². The molecular weight excluding hydrogens is 210 g/mol. The Morgan fingerprint density at radius 3 is 2.60 bits per heavy atom. The minimum atomic E-state index is -3.02. The van der Waals surface area contributed by atoms with Crippen LogP contribution in [0, 0.1) is 0 Å². The molecule has 0 fully saturated rings. The normalized spacial score (nSPS) is 13.8. The second-order valence-electron chi connectivity index (χ2n) is 3.80. The monoisotopic (exact) mass is 227 g/mol. The first-order chi connectivity index (χ1) is 6.92. The van der Waals surface area contributed by atoms with E-state index in [0.29, 0.717) is 0 Å². The van der Waals surface area contributed by atoms with Gasteiger partial charge in [-0.05, 0) is 17.5 Å². The highest BCUT2D eigenvalue weighted by Gasteiger charge is 2.12. The third kappa shape index (κ3) is 4.01. The Bertz CT molecular complexity index is 426. The van der Waals surface area contributed by atoms with Gasteiger partial charge in [0.2, 0.25) is 0 Å². The number of sulfone groups is 1. The average Bonchev–Trinajstić information content (AvgIpc) is 2.15. The van der Waals surface area contributed by atoms with E-state index in [0.717, 1.165) is 12.0 Å². The second-order valence-corrected chi connectivity index (χ2v) is 5.98. The quantitative estimate of drug-likeness (QED) is 0.843. The van der Waals surface area contributed by atoms with E-state index >= 15 is 0 Å². The molecule has 1 aromatic rings. The first-order valence-electron chi connectivity index (χ1n) is 4.94. The maximum Gasteiger partial charge on any atom is 0.149 e. The lowest BCUT2D eigenvalue weighted by Gasteiger charge is -2.11. The van der Waals surface area contributed by atoms with E-state index in [9.17, 15) is 8.42 Å². The maximum atomic E-state index is 11.1. The van der Waals surface area contributed by atoms with Gasteiger partial charge in [-0.25, -0.2) is 8.42 Å². The maximum absolute atomic E-state index is 11.1. The molecule has 0 bridgehead atoms. The molecular formula is C11H17NO2S. The summed E-state index contributed by atoms with van der Waals surface area (Å²) in [6, 6.07) is 7.34. The first kappa shape index (κ1) is 12.2. The van der Waals surface area contributed by atoms with Crippen LogP contribution in [-0.2, 0) is 16.3 Å². The molecule has 3 nitrogen and oxygen atoms in total. The van der Waals surface area contributed by atoms with Crippen molar-refractivity contribution in [3.05, 3.63) is 35.4 Å². The summed E-state index contributed by atoms with van der Waals surface area (Å²) in [5.41, 5.74) is 7.89. The topological polar surface area (TPSA) is 60.2 Å². The molecule has 1 atom stereocenters. The van der Waals surface area contributed by atoms with Crippen LogP contribution < -0.4 is 5.73 Å². The van der Waals surface area contributed by atoms with Crippen LogP contribution in [0.2, 0.25) is 0 Å². The number of hydrogen-bond donors (Lipinski definition) is 1. The Morgan fingerprint density at radius 1 is 1.40 bits per heavy atom. The number of nitrogens with two attached hydrogens (primary N) is 1. The molecule has 1 unspecified atom stereocenters. The van der Waals surface area contributed by atoms with Crippen LogP contribution in [0.5, 0.6) is 0 Å². The van der Waals surface area contributed by atoms with Crippen molar-refractivity contribution in [3.63, 3.8) is 0 Å². The van der Waals surface area contributed by atoms with E-state index in [4.69, 9.17) is 5.73 Å². The number of hydrogen-bond acceptors (Lipinski definition) is 3. The van der Waals surface area contributed by atoms with Crippen molar-refractivity contribution < 1.29 is 8.42 Å². The van der Waals surface area contributed by atoms with Crippen LogP contribution in [0.25, 0.3) is 0 Å². The molecule has 0 saturated heterocycles. The van der Waals surface area contributed by atoms with Crippen LogP contribution in [0.4, 0.5) is 0 Å². The molecule has 0 aliphatic rings. The summed E-state index contributed by atoms with van der Waals surface area (Å²) in [6.07, 6.45) is 2.13. The molecule has 4 heteroatoms. The van der Waals surface area contributed by atoms with Crippen LogP contribution in [0.15, 0.2) is 24.3 Å². The lowest BCUT2D eigenvalue weighted by atomic mass is 10.0. The molecule has 0 amide bonds. The zero-order valence-corrected chi connectivity index (χ0v) is 9.92. The minimum absolute atomic E-state index is 0.000166. The van der Waals surface area contributed by atoms with Crippen LogP contribution in [0.3, 0.4) is 0 Å². The van der Waals surface area contributed by atoms with E-state index in [1.165, 1.54) is 11.8 Å². The van der Waals surface area contributed by atoms with Crippen molar-refractivity contribution in [2.45, 2.75) is 19.4 Å². The van der Waals surface area contributed by atoms with E-state index in [1.54, 1.807) is 0 Å². The smallest absolute Gasteiger partial charge is 0.149 e. The fourth-order valence-corrected chi connectivity index (χ4v) is 2.31. The Balaban J connectivity index is 2.86. The standard InChI is InChI=1S/C11H17NO2S/c1-3-9-5-4-6-10(7-9)11(12)8-15(2,13)14/h4-7,11H,3,8,12H2,1-2H3. The molecule has 1 aromatic carbocycles. The molecule has 0 heterocycles. The number of aryl methyl sites for hydroxylation is 1. The van der Waals surface area contributed by atoms with E-state index < -0.39 is 15.9 Å². The molecule has 0 aliphatic heterocycles. The predicted octanol–water partition coefficient (Wildman–Crippen LogP) is 1.29. The Morgan fingerprint density at radius 2 is 2.07 bits per heavy atom. The lowest BCUT2D eigenvalue weighted by molar-refractivity contribution is 0.594. The van der Waals surface area contributed by atoms with Crippen molar-refractivity contribution in [1.82, 2.24) is 0 Å². The zero-order chi connectivity index (χ0) is 11.5. The molecule has 84 valence electrons. The average molecular weight is 227 g/mol. The van der Waals surface area contributed by atoms with Gasteiger partial charge in [-0.2, -0.15) is 0 Å². The predicted molar refractivity (Wildman–Crippen MR) is 62.5 cm³/mol. The molecule has 0 spiro atoms. The largest absolute Gasteiger partial charge is 0.323 e. The van der Waals surface area contributed by atoms with Crippen molar-refractivity contribution >= 4 is 9.84 Å². The van der Waals surface area contributed by atoms with Crippen molar-refractivity contribution in [2.24, 2.45) is 5.73 Å². The highest BCUT2D eigenvalue weighted by atomic mass is 32.2. The van der Waals surface area contributed by atoms with Gasteiger partial charge in [0, 0.05) is 12.3 Å². The fraction of sp³-hybridized carbons (Fsp3) is 0.455. The molecule has 2 N–H and O–H groups in total. The summed E-state index contributed by atoms with van der Waals surface area (Å²) >= 11 is 0. The Labute approximate surface area is 91.2 Å². The Hall–Kier alpha value is -0.870. The zero-order valence-electron chi connectivity index (χ0n) is 9.10. The van der Waals surface area contributed by atoms with E-state index in [-0.39, 0.29) is 5.75 Å². The van der Waals surface area contributed by atoms with E-state index in [2.05, 4.69) is 6.92 Å². The van der Waals surface area contributed by atoms with Gasteiger partial charge in [-0.1, -0.05) is 31.2 Å². The van der Waals surface area contributed by atoms with Gasteiger partial charge in [0.25, 0.3) is 0 Å². The van der Waals surface area contributed by atoms with Gasteiger partial charge < -0.3 is 5.73 Å². The summed E-state index contributed by atoms with van der Waals surface area (Å²) in [5.74, 6) is 0.000166. The fourth-order valence-electron chi connectivity index (χ4n) is 1.47. The lowest BCUT2D eigenvalue weighted by Crippen LogP contribution is -2.20. The minimum Gasteiger partial charge on any atom is -0.323 e. The summed E-state index contributed by atoms with van der Waals surface area (Å²) in [6.45, 7) is 2.06. The van der Waals surface area contributed by atoms with E-state index in [1.807, 2.05) is 24.3 Å². The van der Waals surface area contributed by atoms with Gasteiger partial charge in [-0.3, -0.25) is 0 Å². The SMILES string of the molecule is CCc1cccc(C(N)CS(C)(=O)=O)c1. The summed E-state index contributed by atoms with van der Waals surface area (Å²) in [7, 11) is -3.02. The summed E-state index contributed by atoms with van der Waals surface area (Å²) in [5, 5.41) is 0. The number of benzene rings is 1. The molecule has 0 radical (unpaired) electrons. The molecule has 1 rings (SSSR count). The first-order valence-corrected chi connectivity index (χ1v) is 7.00. The third-order valence-corrected chi connectivity index (χ3v) is 3.23. The number of rotatable bonds is 4. The molecule has 0 aliphatic carbocycles. The van der Waals surface area contributed by atoms with Crippen molar-refractivity contribution in [3.8, 4) is 0 Å². The highest BCUT2D eigenvalue weighted by molar-refractivity contribution is 7.90. The van der Waals surface area contributed by atoms with Gasteiger partial charge in [0.1, 0.15) is 9.84 Å². The summed E-state index contributed by atoms with van der Waals surface area (Å²) in [4.78, 5) is 0. The van der Waals surface area contributed by atoms with Gasteiger partial charge in [0.05, 0.1) is 5.75 Å². The van der Waals surface area contributed by atoms with Crippen LogP contribution >= 0.6 is 0 Å². The summed E-state index contributed by atoms with van der Waals surface area (Å²) < 4.78 is 22.2. The highest BCUT2D eigenvalue weighted by Crippen LogP contribution is 2.14.